The Labute approximate surface area is 125 Å². The average molecular weight is 316 g/mol. The van der Waals surface area contributed by atoms with Crippen molar-refractivity contribution in [2.24, 2.45) is 5.41 Å². The van der Waals surface area contributed by atoms with Crippen LogP contribution in [0.1, 0.15) is 32.6 Å². The van der Waals surface area contributed by atoms with Crippen molar-refractivity contribution >= 4 is 15.8 Å². The zero-order valence-electron chi connectivity index (χ0n) is 12.6. The summed E-state index contributed by atoms with van der Waals surface area (Å²) in [6, 6.07) is 0. The Morgan fingerprint density at radius 1 is 1.52 bits per heavy atom. The number of hydrogen-bond acceptors (Lipinski definition) is 5. The third-order valence-electron chi connectivity index (χ3n) is 3.93. The molecule has 1 aliphatic rings. The fourth-order valence-electron chi connectivity index (χ4n) is 2.31. The van der Waals surface area contributed by atoms with Crippen LogP contribution >= 0.6 is 0 Å². The first-order valence-corrected chi connectivity index (χ1v) is 8.72. The molecule has 1 saturated carbocycles. The van der Waals surface area contributed by atoms with E-state index in [0.29, 0.717) is 19.7 Å². The lowest BCUT2D eigenvalue weighted by Crippen LogP contribution is -2.31. The molecule has 7 nitrogen and oxygen atoms in total. The van der Waals surface area contributed by atoms with Crippen molar-refractivity contribution in [3.8, 4) is 0 Å². The van der Waals surface area contributed by atoms with Gasteiger partial charge in [0, 0.05) is 33.0 Å². The number of rotatable bonds is 9. The number of nitrogens with zero attached hydrogens (tertiary/aromatic N) is 2. The Bertz CT molecular complexity index is 578. The first-order valence-electron chi connectivity index (χ1n) is 7.24. The molecule has 1 fully saturated rings. The third-order valence-corrected chi connectivity index (χ3v) is 5.35. The molecule has 2 rings (SSSR count). The van der Waals surface area contributed by atoms with Gasteiger partial charge in [-0.05, 0) is 31.1 Å². The summed E-state index contributed by atoms with van der Waals surface area (Å²) >= 11 is 0. The summed E-state index contributed by atoms with van der Waals surface area (Å²) in [5, 5.41) is 4.03. The number of ether oxygens (including phenoxy) is 1. The molecule has 0 amide bonds. The van der Waals surface area contributed by atoms with E-state index in [1.165, 1.54) is 6.20 Å². The van der Waals surface area contributed by atoms with Gasteiger partial charge in [-0.15, -0.1) is 0 Å². The van der Waals surface area contributed by atoms with Crippen molar-refractivity contribution in [1.29, 1.82) is 0 Å². The molecule has 0 aromatic carbocycles. The number of sulfonamides is 1. The van der Waals surface area contributed by atoms with Crippen LogP contribution in [0.3, 0.4) is 0 Å². The van der Waals surface area contributed by atoms with Crippen molar-refractivity contribution in [2.45, 2.75) is 44.0 Å². The summed E-state index contributed by atoms with van der Waals surface area (Å²) in [7, 11) is -1.95. The monoisotopic (exact) mass is 316 g/mol. The fraction of sp³-hybridized carbons (Fsp3) is 0.769. The second kappa shape index (κ2) is 6.33. The van der Waals surface area contributed by atoms with E-state index in [2.05, 4.69) is 9.82 Å². The number of hydrogen-bond donors (Lipinski definition) is 2. The molecule has 1 heterocycles. The number of nitrogen functional groups attached to an aromatic ring is 1. The van der Waals surface area contributed by atoms with Gasteiger partial charge in [0.15, 0.2) is 5.82 Å². The Morgan fingerprint density at radius 3 is 2.81 bits per heavy atom. The number of anilines is 1. The number of methoxy groups -OCH3 is 1. The molecule has 1 aliphatic carbocycles. The van der Waals surface area contributed by atoms with E-state index in [4.69, 9.17) is 10.5 Å². The minimum Gasteiger partial charge on any atom is -0.385 e. The summed E-state index contributed by atoms with van der Waals surface area (Å²) in [4.78, 5) is 0.0680. The Balaban J connectivity index is 2.02. The smallest absolute Gasteiger partial charge is 0.245 e. The number of aromatic nitrogens is 2. The molecule has 0 unspecified atom stereocenters. The van der Waals surface area contributed by atoms with Crippen LogP contribution in [-0.4, -0.2) is 38.5 Å². The van der Waals surface area contributed by atoms with Crippen LogP contribution in [0.4, 0.5) is 5.82 Å². The van der Waals surface area contributed by atoms with Crippen molar-refractivity contribution in [3.05, 3.63) is 6.20 Å². The molecule has 0 spiro atoms. The van der Waals surface area contributed by atoms with Gasteiger partial charge in [0.25, 0.3) is 0 Å². The van der Waals surface area contributed by atoms with Crippen LogP contribution in [-0.2, 0) is 21.3 Å². The van der Waals surface area contributed by atoms with E-state index >= 15 is 0 Å². The average Bonchev–Trinajstić information content (AvgIpc) is 3.11. The van der Waals surface area contributed by atoms with Gasteiger partial charge in [-0.1, -0.05) is 6.92 Å². The van der Waals surface area contributed by atoms with Crippen LogP contribution in [0.5, 0.6) is 0 Å². The molecule has 3 N–H and O–H groups in total. The quantitative estimate of drug-likeness (QED) is 0.707. The minimum absolute atomic E-state index is 0.0528. The Hall–Kier alpha value is -1.12. The first kappa shape index (κ1) is 16.3. The molecule has 0 atom stereocenters. The first-order chi connectivity index (χ1) is 9.92. The van der Waals surface area contributed by atoms with Gasteiger partial charge >= 0.3 is 0 Å². The maximum atomic E-state index is 12.3. The van der Waals surface area contributed by atoms with Crippen molar-refractivity contribution in [2.75, 3.05) is 26.0 Å². The zero-order chi connectivity index (χ0) is 15.5. The van der Waals surface area contributed by atoms with Gasteiger partial charge in [-0.3, -0.25) is 4.68 Å². The van der Waals surface area contributed by atoms with E-state index in [0.717, 1.165) is 25.7 Å². The standard InChI is InChI=1S/C13H24N4O3S/c1-3-7-17-9-11(12(14)16-17)21(18,19)15-10-13(4-5-13)6-8-20-2/h9,15H,3-8,10H2,1-2H3,(H2,14,16). The van der Waals surface area contributed by atoms with Crippen LogP contribution in [0, 0.1) is 5.41 Å². The van der Waals surface area contributed by atoms with Gasteiger partial charge in [0.1, 0.15) is 4.90 Å². The highest BCUT2D eigenvalue weighted by atomic mass is 32.2. The van der Waals surface area contributed by atoms with Crippen molar-refractivity contribution in [1.82, 2.24) is 14.5 Å². The highest BCUT2D eigenvalue weighted by Crippen LogP contribution is 2.48. The maximum Gasteiger partial charge on any atom is 0.245 e. The largest absolute Gasteiger partial charge is 0.385 e. The Morgan fingerprint density at radius 2 is 2.24 bits per heavy atom. The van der Waals surface area contributed by atoms with Gasteiger partial charge in [-0.25, -0.2) is 13.1 Å². The molecule has 8 heteroatoms. The third kappa shape index (κ3) is 3.96. The van der Waals surface area contributed by atoms with Crippen molar-refractivity contribution < 1.29 is 13.2 Å². The summed E-state index contributed by atoms with van der Waals surface area (Å²) < 4.78 is 34.0. The molecule has 0 aliphatic heterocycles. The predicted octanol–water partition coefficient (Wildman–Crippen LogP) is 0.970. The Kier molecular flexibility index (Phi) is 4.90. The fourth-order valence-corrected chi connectivity index (χ4v) is 3.53. The predicted molar refractivity (Wildman–Crippen MR) is 80.3 cm³/mol. The van der Waals surface area contributed by atoms with Crippen LogP contribution < -0.4 is 10.5 Å². The summed E-state index contributed by atoms with van der Waals surface area (Å²) in [6.45, 7) is 3.73. The molecule has 120 valence electrons. The van der Waals surface area contributed by atoms with E-state index in [1.807, 2.05) is 6.92 Å². The molecule has 0 bridgehead atoms. The molecule has 21 heavy (non-hydrogen) atoms. The number of nitrogens with one attached hydrogen (secondary N) is 1. The molecule has 1 aromatic rings. The van der Waals surface area contributed by atoms with Gasteiger partial charge < -0.3 is 10.5 Å². The van der Waals surface area contributed by atoms with Crippen LogP contribution in [0.15, 0.2) is 11.1 Å². The summed E-state index contributed by atoms with van der Waals surface area (Å²) in [6.07, 6.45) is 5.30. The molecular weight excluding hydrogens is 292 g/mol. The normalized spacial score (nSPS) is 17.0. The van der Waals surface area contributed by atoms with E-state index in [-0.39, 0.29) is 16.1 Å². The van der Waals surface area contributed by atoms with E-state index in [9.17, 15) is 8.42 Å². The molecule has 0 saturated heterocycles. The number of nitrogens with two attached hydrogens (primary N) is 1. The van der Waals surface area contributed by atoms with E-state index < -0.39 is 10.0 Å². The van der Waals surface area contributed by atoms with E-state index in [1.54, 1.807) is 11.8 Å². The lowest BCUT2D eigenvalue weighted by molar-refractivity contribution is 0.173. The minimum atomic E-state index is -3.61. The van der Waals surface area contributed by atoms with Crippen molar-refractivity contribution in [3.63, 3.8) is 0 Å². The topological polar surface area (TPSA) is 99.2 Å². The summed E-state index contributed by atoms with van der Waals surface area (Å²) in [5.74, 6) is 0.0534. The lowest BCUT2D eigenvalue weighted by Gasteiger charge is -2.15. The second-order valence-electron chi connectivity index (χ2n) is 5.71. The highest BCUT2D eigenvalue weighted by Gasteiger charge is 2.42. The lowest BCUT2D eigenvalue weighted by atomic mass is 10.0. The molecule has 0 radical (unpaired) electrons. The van der Waals surface area contributed by atoms with Gasteiger partial charge in [0.05, 0.1) is 0 Å². The molecular formula is C13H24N4O3S. The highest BCUT2D eigenvalue weighted by molar-refractivity contribution is 7.89. The summed E-state index contributed by atoms with van der Waals surface area (Å²) in [5.41, 5.74) is 5.77. The molecule has 1 aromatic heterocycles. The van der Waals surface area contributed by atoms with Gasteiger partial charge in [0.2, 0.25) is 10.0 Å². The van der Waals surface area contributed by atoms with Gasteiger partial charge in [-0.2, -0.15) is 5.10 Å². The number of aryl methyl sites for hydroxylation is 1. The zero-order valence-corrected chi connectivity index (χ0v) is 13.4. The van der Waals surface area contributed by atoms with Crippen LogP contribution in [0.2, 0.25) is 0 Å². The maximum absolute atomic E-state index is 12.3. The second-order valence-corrected chi connectivity index (χ2v) is 7.44. The SMILES string of the molecule is CCCn1cc(S(=O)(=O)NCC2(CCOC)CC2)c(N)n1. The van der Waals surface area contributed by atoms with Crippen LogP contribution in [0.25, 0.3) is 0 Å².